The molecule has 7 nitrogen and oxygen atoms in total. The van der Waals surface area contributed by atoms with E-state index >= 15 is 0 Å². The number of hydrogen-bond acceptors (Lipinski definition) is 6. The Morgan fingerprint density at radius 1 is 1.26 bits per heavy atom. The number of aliphatic imine (C=N–C) groups is 1. The van der Waals surface area contributed by atoms with Gasteiger partial charge >= 0.3 is 5.97 Å². The highest BCUT2D eigenvalue weighted by Crippen LogP contribution is 2.42. The van der Waals surface area contributed by atoms with Crippen LogP contribution in [-0.4, -0.2) is 70.8 Å². The number of carbonyl (C=O) groups is 1. The maximum atomic E-state index is 13.0. The lowest BCUT2D eigenvalue weighted by atomic mass is 9.80. The fourth-order valence-electron chi connectivity index (χ4n) is 3.30. The van der Waals surface area contributed by atoms with Crippen molar-refractivity contribution in [2.24, 2.45) is 4.99 Å². The molecule has 170 valence electrons. The first kappa shape index (κ1) is 24.9. The summed E-state index contributed by atoms with van der Waals surface area (Å²) in [6.45, 7) is 5.01. The third kappa shape index (κ3) is 6.32. The number of carbonyl (C=O) groups excluding carboxylic acids is 1. The molecule has 0 aliphatic carbocycles. The Hall–Kier alpha value is -2.35. The van der Waals surface area contributed by atoms with E-state index in [4.69, 9.17) is 25.8 Å². The van der Waals surface area contributed by atoms with E-state index in [-0.39, 0.29) is 24.4 Å². The van der Waals surface area contributed by atoms with Crippen molar-refractivity contribution < 1.29 is 28.6 Å². The van der Waals surface area contributed by atoms with E-state index in [1.54, 1.807) is 38.1 Å². The molecule has 0 bridgehead atoms. The van der Waals surface area contributed by atoms with Gasteiger partial charge in [0.25, 0.3) is 0 Å². The van der Waals surface area contributed by atoms with Gasteiger partial charge in [0.15, 0.2) is 0 Å². The number of methoxy groups -OCH3 is 1. The molecular weight excluding hydrogens is 420 g/mol. The van der Waals surface area contributed by atoms with E-state index in [1.807, 2.05) is 0 Å². The van der Waals surface area contributed by atoms with Crippen LogP contribution < -0.4 is 5.11 Å². The minimum absolute atomic E-state index is 0.112. The van der Waals surface area contributed by atoms with Gasteiger partial charge < -0.3 is 23.8 Å². The second-order valence-electron chi connectivity index (χ2n) is 8.20. The van der Waals surface area contributed by atoms with E-state index in [2.05, 4.69) is 26.1 Å². The van der Waals surface area contributed by atoms with Crippen LogP contribution in [0.3, 0.4) is 0 Å². The van der Waals surface area contributed by atoms with Crippen molar-refractivity contribution in [3.63, 3.8) is 0 Å². The van der Waals surface area contributed by atoms with Crippen molar-refractivity contribution in [1.82, 2.24) is 0 Å². The maximum absolute atomic E-state index is 13.0. The normalized spacial score (nSPS) is 18.5. The Kier molecular flexibility index (Phi) is 8.68. The average molecular weight is 451 g/mol. The van der Waals surface area contributed by atoms with Crippen LogP contribution in [-0.2, 0) is 19.0 Å². The molecule has 1 atom stereocenters. The molecule has 0 radical (unpaired) electrons. The molecule has 1 aromatic carbocycles. The standard InChI is InChI=1S/C23H31ClN2O5/c1-7-31-23(28)21-18(14-30-13-12-26(3,4)5)25-15(2)19(22(27)29-6)20(21)16-10-8-9-11-17(16)24/h8-11,20H,7,12-14H2,1-6H3. The zero-order chi connectivity index (χ0) is 23.2. The molecule has 31 heavy (non-hydrogen) atoms. The quantitative estimate of drug-likeness (QED) is 0.250. The minimum atomic E-state index is -0.769. The molecule has 0 amide bonds. The number of nitrogens with zero attached hydrogens (tertiary/aromatic N) is 2. The molecule has 0 fully saturated rings. The van der Waals surface area contributed by atoms with Crippen LogP contribution in [0.4, 0.5) is 0 Å². The second kappa shape index (κ2) is 10.8. The Labute approximate surface area is 189 Å². The molecule has 1 unspecified atom stereocenters. The summed E-state index contributed by atoms with van der Waals surface area (Å²) in [6.07, 6.45) is 0. The summed E-state index contributed by atoms with van der Waals surface area (Å²) in [7, 11) is 7.51. The summed E-state index contributed by atoms with van der Waals surface area (Å²) in [5, 5.41) is 13.1. The second-order valence-corrected chi connectivity index (χ2v) is 8.61. The Bertz CT molecular complexity index is 899. The summed E-state index contributed by atoms with van der Waals surface area (Å²) in [4.78, 5) is 17.6. The average Bonchev–Trinajstić information content (AvgIpc) is 2.70. The van der Waals surface area contributed by atoms with Crippen molar-refractivity contribution in [1.29, 1.82) is 0 Å². The van der Waals surface area contributed by atoms with E-state index in [0.29, 0.717) is 28.6 Å². The van der Waals surface area contributed by atoms with Gasteiger partial charge in [-0.1, -0.05) is 29.8 Å². The molecule has 0 saturated carbocycles. The monoisotopic (exact) mass is 450 g/mol. The molecule has 1 heterocycles. The van der Waals surface area contributed by atoms with Crippen LogP contribution in [0.15, 0.2) is 52.0 Å². The third-order valence-corrected chi connectivity index (χ3v) is 5.19. The molecule has 0 spiro atoms. The number of rotatable bonds is 9. The first-order valence-corrected chi connectivity index (χ1v) is 10.5. The van der Waals surface area contributed by atoms with Crippen LogP contribution in [0.2, 0.25) is 5.02 Å². The molecule has 1 aliphatic heterocycles. The number of ether oxygens (including phenoxy) is 3. The molecule has 1 aliphatic rings. The predicted molar refractivity (Wildman–Crippen MR) is 119 cm³/mol. The van der Waals surface area contributed by atoms with E-state index in [0.717, 1.165) is 11.0 Å². The molecule has 2 rings (SSSR count). The summed E-state index contributed by atoms with van der Waals surface area (Å²) < 4.78 is 16.9. The van der Waals surface area contributed by atoms with Gasteiger partial charge in [0.05, 0.1) is 58.2 Å². The first-order chi connectivity index (χ1) is 14.6. The zero-order valence-electron chi connectivity index (χ0n) is 19.0. The van der Waals surface area contributed by atoms with Gasteiger partial charge in [0.2, 0.25) is 0 Å². The number of hydrogen-bond donors (Lipinski definition) is 0. The lowest BCUT2D eigenvalue weighted by Crippen LogP contribution is -2.37. The summed E-state index contributed by atoms with van der Waals surface area (Å²) in [5.41, 5.74) is 1.98. The molecule has 8 heteroatoms. The number of benzene rings is 1. The number of halogens is 1. The van der Waals surface area contributed by atoms with Gasteiger partial charge in [0.1, 0.15) is 6.54 Å². The predicted octanol–water partition coefficient (Wildman–Crippen LogP) is 2.66. The molecule has 0 saturated heterocycles. The highest BCUT2D eigenvalue weighted by atomic mass is 35.5. The van der Waals surface area contributed by atoms with Gasteiger partial charge in [-0.2, -0.15) is 0 Å². The van der Waals surface area contributed by atoms with Gasteiger partial charge in [-0.05, 0) is 32.6 Å². The van der Waals surface area contributed by atoms with Crippen LogP contribution in [0.25, 0.3) is 0 Å². The summed E-state index contributed by atoms with van der Waals surface area (Å²) in [5.74, 6) is -1.90. The van der Waals surface area contributed by atoms with Crippen molar-refractivity contribution in [2.75, 3.05) is 54.6 Å². The van der Waals surface area contributed by atoms with Crippen molar-refractivity contribution in [2.45, 2.75) is 19.8 Å². The highest BCUT2D eigenvalue weighted by molar-refractivity contribution is 6.31. The smallest absolute Gasteiger partial charge is 0.336 e. The Balaban J connectivity index is 2.60. The van der Waals surface area contributed by atoms with Crippen molar-refractivity contribution >= 4 is 23.3 Å². The topological polar surface area (TPSA) is 80.2 Å². The van der Waals surface area contributed by atoms with Crippen LogP contribution >= 0.6 is 11.6 Å². The van der Waals surface area contributed by atoms with Gasteiger partial charge in [-0.25, -0.2) is 4.79 Å². The number of quaternary nitrogens is 1. The van der Waals surface area contributed by atoms with E-state index < -0.39 is 17.8 Å². The number of likely N-dealkylation sites (N-methyl/N-ethyl adjacent to an activating group) is 1. The number of esters is 1. The van der Waals surface area contributed by atoms with E-state index in [1.165, 1.54) is 7.11 Å². The van der Waals surface area contributed by atoms with Crippen LogP contribution in [0.5, 0.6) is 0 Å². The first-order valence-electron chi connectivity index (χ1n) is 10.1. The summed E-state index contributed by atoms with van der Waals surface area (Å²) in [6, 6.07) is 7.09. The minimum Gasteiger partial charge on any atom is -0.616 e. The summed E-state index contributed by atoms with van der Waals surface area (Å²) >= 11 is 6.48. The Morgan fingerprint density at radius 2 is 1.94 bits per heavy atom. The fourth-order valence-corrected chi connectivity index (χ4v) is 3.55. The van der Waals surface area contributed by atoms with Crippen molar-refractivity contribution in [3.05, 3.63) is 57.6 Å². The van der Waals surface area contributed by atoms with Gasteiger partial charge in [-0.15, -0.1) is 0 Å². The molecule has 1 aromatic rings. The number of allylic oxidation sites excluding steroid dienone is 1. The maximum Gasteiger partial charge on any atom is 0.336 e. The fraction of sp³-hybridized carbons (Fsp3) is 0.478. The van der Waals surface area contributed by atoms with Gasteiger partial charge in [-0.3, -0.25) is 4.99 Å². The lowest BCUT2D eigenvalue weighted by molar-refractivity contribution is -0.870. The molecule has 0 N–H and O–H groups in total. The Morgan fingerprint density at radius 3 is 2.52 bits per heavy atom. The van der Waals surface area contributed by atoms with Crippen LogP contribution in [0.1, 0.15) is 25.3 Å². The van der Waals surface area contributed by atoms with Gasteiger partial charge in [0, 0.05) is 22.2 Å². The van der Waals surface area contributed by atoms with Crippen molar-refractivity contribution in [3.8, 4) is 0 Å². The van der Waals surface area contributed by atoms with Crippen LogP contribution in [0, 0.1) is 0 Å². The highest BCUT2D eigenvalue weighted by Gasteiger charge is 2.36. The van der Waals surface area contributed by atoms with E-state index in [9.17, 15) is 9.90 Å². The SMILES string of the molecule is CCOC(=O)C1=C(COCC[N+](C)(C)C)N=C(C)/C(=C(/[O-])OC)C1c1ccccc1Cl. The third-order valence-electron chi connectivity index (χ3n) is 4.84. The molecular formula is C23H31ClN2O5. The lowest BCUT2D eigenvalue weighted by Gasteiger charge is -2.32. The largest absolute Gasteiger partial charge is 0.616 e. The molecule has 0 aromatic heterocycles. The zero-order valence-corrected chi connectivity index (χ0v) is 19.8.